The summed E-state index contributed by atoms with van der Waals surface area (Å²) in [4.78, 5) is 28.4. The molecule has 1 heterocycles. The van der Waals surface area contributed by atoms with Crippen LogP contribution in [0.25, 0.3) is 6.08 Å². The third-order valence-corrected chi connectivity index (χ3v) is 6.61. The van der Waals surface area contributed by atoms with Crippen molar-refractivity contribution in [3.8, 4) is 11.5 Å². The summed E-state index contributed by atoms with van der Waals surface area (Å²) >= 11 is 7.85. The van der Waals surface area contributed by atoms with Gasteiger partial charge in [0.05, 0.1) is 19.9 Å². The Morgan fingerprint density at radius 1 is 0.944 bits per heavy atom. The van der Waals surface area contributed by atoms with E-state index in [-0.39, 0.29) is 23.3 Å². The van der Waals surface area contributed by atoms with Gasteiger partial charge >= 0.3 is 5.97 Å². The molecule has 0 unspecified atom stereocenters. The molecule has 0 aromatic heterocycles. The molecular formula is C27H23IN2O5S. The lowest BCUT2D eigenvalue weighted by Gasteiger charge is -2.19. The molecule has 1 saturated heterocycles. The normalized spacial score (nSPS) is 14.4. The third-order valence-electron chi connectivity index (χ3n) is 5.48. The first-order valence-electron chi connectivity index (χ1n) is 11.0. The van der Waals surface area contributed by atoms with E-state index >= 15 is 0 Å². The van der Waals surface area contributed by atoms with Crippen molar-refractivity contribution in [1.29, 1.82) is 0 Å². The number of rotatable bonds is 8. The van der Waals surface area contributed by atoms with Crippen molar-refractivity contribution in [1.82, 2.24) is 4.90 Å². The Morgan fingerprint density at radius 2 is 1.58 bits per heavy atom. The van der Waals surface area contributed by atoms with Gasteiger partial charge in [-0.15, -0.1) is 0 Å². The largest absolute Gasteiger partial charge is 0.497 e. The highest BCUT2D eigenvalue weighted by Crippen LogP contribution is 2.30. The zero-order valence-corrected chi connectivity index (χ0v) is 22.6. The lowest BCUT2D eigenvalue weighted by molar-refractivity contribution is -0.140. The van der Waals surface area contributed by atoms with Crippen LogP contribution in [0.2, 0.25) is 0 Å². The van der Waals surface area contributed by atoms with Crippen LogP contribution in [-0.2, 0) is 20.9 Å². The second kappa shape index (κ2) is 11.5. The molecule has 9 heteroatoms. The summed E-state index contributed by atoms with van der Waals surface area (Å²) in [5, 5.41) is 0.194. The number of nitrogens with zero attached hydrogens (tertiary/aromatic N) is 2. The van der Waals surface area contributed by atoms with Crippen LogP contribution >= 0.6 is 34.8 Å². The smallest absolute Gasteiger partial charge is 0.325 e. The molecule has 3 aromatic carbocycles. The van der Waals surface area contributed by atoms with Gasteiger partial charge in [0, 0.05) is 3.57 Å². The maximum atomic E-state index is 13.4. The molecule has 0 bridgehead atoms. The standard InChI is InChI=1S/C27H23IN2O5S/c1-33-22-13-9-21(10-14-22)30-26(32)24(29(27(30)36)16-25(31)34-2)15-18-5-11-23(12-6-18)35-17-19-3-7-20(28)8-4-19/h3-15H,16-17H2,1-2H3/b24-15-. The number of hydrogen-bond acceptors (Lipinski definition) is 6. The summed E-state index contributed by atoms with van der Waals surface area (Å²) in [6, 6.07) is 22.4. The van der Waals surface area contributed by atoms with Gasteiger partial charge in [0.1, 0.15) is 30.3 Å². The number of esters is 1. The van der Waals surface area contributed by atoms with Crippen molar-refractivity contribution in [2.24, 2.45) is 0 Å². The highest BCUT2D eigenvalue weighted by Gasteiger charge is 2.40. The van der Waals surface area contributed by atoms with E-state index in [0.717, 1.165) is 11.1 Å². The first-order chi connectivity index (χ1) is 17.4. The molecule has 3 aromatic rings. The summed E-state index contributed by atoms with van der Waals surface area (Å²) in [5.41, 5.74) is 2.68. The minimum atomic E-state index is -0.507. The number of carbonyl (C=O) groups is 2. The Morgan fingerprint density at radius 3 is 2.19 bits per heavy atom. The van der Waals surface area contributed by atoms with Crippen molar-refractivity contribution in [3.63, 3.8) is 0 Å². The average Bonchev–Trinajstić information content (AvgIpc) is 3.13. The monoisotopic (exact) mass is 614 g/mol. The van der Waals surface area contributed by atoms with E-state index < -0.39 is 5.97 Å². The van der Waals surface area contributed by atoms with Gasteiger partial charge < -0.3 is 19.1 Å². The van der Waals surface area contributed by atoms with Crippen molar-refractivity contribution in [2.75, 3.05) is 25.7 Å². The van der Waals surface area contributed by atoms with Gasteiger partial charge in [0.15, 0.2) is 5.11 Å². The summed E-state index contributed by atoms with van der Waals surface area (Å²) in [7, 11) is 2.86. The summed E-state index contributed by atoms with van der Waals surface area (Å²) in [6.07, 6.45) is 1.70. The van der Waals surface area contributed by atoms with Gasteiger partial charge in [-0.3, -0.25) is 14.5 Å². The number of amides is 1. The van der Waals surface area contributed by atoms with Gasteiger partial charge in [0.25, 0.3) is 5.91 Å². The van der Waals surface area contributed by atoms with Gasteiger partial charge in [-0.1, -0.05) is 24.3 Å². The van der Waals surface area contributed by atoms with Crippen LogP contribution in [0.4, 0.5) is 5.69 Å². The topological polar surface area (TPSA) is 68.3 Å². The van der Waals surface area contributed by atoms with E-state index in [0.29, 0.717) is 23.8 Å². The fourth-order valence-electron chi connectivity index (χ4n) is 3.55. The molecule has 0 saturated carbocycles. The van der Waals surface area contributed by atoms with E-state index in [1.165, 1.54) is 20.5 Å². The van der Waals surface area contributed by atoms with E-state index in [4.69, 9.17) is 26.4 Å². The minimum absolute atomic E-state index is 0.184. The fourth-order valence-corrected chi connectivity index (χ4v) is 4.26. The van der Waals surface area contributed by atoms with E-state index in [1.54, 1.807) is 37.5 Å². The maximum Gasteiger partial charge on any atom is 0.325 e. The average molecular weight is 614 g/mol. The van der Waals surface area contributed by atoms with Gasteiger partial charge in [0.2, 0.25) is 0 Å². The highest BCUT2D eigenvalue weighted by atomic mass is 127. The van der Waals surface area contributed by atoms with Gasteiger partial charge in [-0.2, -0.15) is 0 Å². The van der Waals surface area contributed by atoms with Crippen molar-refractivity contribution in [2.45, 2.75) is 6.61 Å². The predicted molar refractivity (Wildman–Crippen MR) is 150 cm³/mol. The molecular weight excluding hydrogens is 591 g/mol. The molecule has 1 aliphatic heterocycles. The van der Waals surface area contributed by atoms with E-state index in [2.05, 4.69) is 22.6 Å². The Hall–Kier alpha value is -3.44. The molecule has 1 amide bonds. The van der Waals surface area contributed by atoms with E-state index in [1.807, 2.05) is 48.5 Å². The fraction of sp³-hybridized carbons (Fsp3) is 0.148. The van der Waals surface area contributed by atoms with Crippen LogP contribution in [0.15, 0.2) is 78.5 Å². The number of carbonyl (C=O) groups excluding carboxylic acids is 2. The SMILES string of the molecule is COC(=O)CN1C(=S)N(c2ccc(OC)cc2)C(=O)/C1=C/c1ccc(OCc2ccc(I)cc2)cc1. The maximum absolute atomic E-state index is 13.4. The Kier molecular flexibility index (Phi) is 8.21. The summed E-state index contributed by atoms with van der Waals surface area (Å²) in [6.45, 7) is 0.268. The predicted octanol–water partition coefficient (Wildman–Crippen LogP) is 5.03. The molecule has 1 fully saturated rings. The number of anilines is 1. The molecule has 0 aliphatic carbocycles. The molecule has 36 heavy (non-hydrogen) atoms. The van der Waals surface area contributed by atoms with Crippen LogP contribution < -0.4 is 14.4 Å². The molecule has 0 atom stereocenters. The zero-order valence-electron chi connectivity index (χ0n) is 19.6. The zero-order chi connectivity index (χ0) is 25.7. The molecule has 184 valence electrons. The highest BCUT2D eigenvalue weighted by molar-refractivity contribution is 14.1. The van der Waals surface area contributed by atoms with Crippen molar-refractivity contribution in [3.05, 3.63) is 93.2 Å². The second-order valence-electron chi connectivity index (χ2n) is 7.80. The molecule has 0 radical (unpaired) electrons. The summed E-state index contributed by atoms with van der Waals surface area (Å²) < 4.78 is 17.1. The Labute approximate surface area is 228 Å². The second-order valence-corrected chi connectivity index (χ2v) is 9.41. The molecule has 4 rings (SSSR count). The quantitative estimate of drug-likeness (QED) is 0.153. The molecule has 0 spiro atoms. The first-order valence-corrected chi connectivity index (χ1v) is 12.4. The Bertz CT molecular complexity index is 1290. The van der Waals surface area contributed by atoms with Gasteiger partial charge in [-0.25, -0.2) is 0 Å². The van der Waals surface area contributed by atoms with Crippen LogP contribution in [-0.4, -0.2) is 42.7 Å². The minimum Gasteiger partial charge on any atom is -0.497 e. The third kappa shape index (κ3) is 5.85. The van der Waals surface area contributed by atoms with Crippen molar-refractivity contribution >= 4 is 63.6 Å². The number of halogens is 1. The first kappa shape index (κ1) is 25.6. The Balaban J connectivity index is 1.56. The van der Waals surface area contributed by atoms with Crippen LogP contribution in [0.5, 0.6) is 11.5 Å². The van der Waals surface area contributed by atoms with E-state index in [9.17, 15) is 9.59 Å². The summed E-state index contributed by atoms with van der Waals surface area (Å²) in [5.74, 6) is 0.512. The van der Waals surface area contributed by atoms with Crippen LogP contribution in [0.1, 0.15) is 11.1 Å². The lowest BCUT2D eigenvalue weighted by Crippen LogP contribution is -2.35. The van der Waals surface area contributed by atoms with Crippen LogP contribution in [0, 0.1) is 3.57 Å². The number of methoxy groups -OCH3 is 2. The molecule has 0 N–H and O–H groups in total. The van der Waals surface area contributed by atoms with Crippen LogP contribution in [0.3, 0.4) is 0 Å². The van der Waals surface area contributed by atoms with Crippen molar-refractivity contribution < 1.29 is 23.8 Å². The number of ether oxygens (including phenoxy) is 3. The number of benzene rings is 3. The molecule has 7 nitrogen and oxygen atoms in total. The van der Waals surface area contributed by atoms with Gasteiger partial charge in [-0.05, 0) is 101 Å². The molecule has 1 aliphatic rings. The number of thiocarbonyl (C=S) groups is 1. The lowest BCUT2D eigenvalue weighted by atomic mass is 10.1. The number of hydrogen-bond donors (Lipinski definition) is 0.